The minimum Gasteiger partial charge on any atom is -0.357 e. The molecule has 0 radical (unpaired) electrons. The number of aliphatic imine (C=N–C) groups is 1. The highest BCUT2D eigenvalue weighted by atomic mass is 15.2. The fourth-order valence-corrected chi connectivity index (χ4v) is 2.62. The predicted molar refractivity (Wildman–Crippen MR) is 88.3 cm³/mol. The maximum atomic E-state index is 4.62. The van der Waals surface area contributed by atoms with Gasteiger partial charge in [0.2, 0.25) is 0 Å². The summed E-state index contributed by atoms with van der Waals surface area (Å²) >= 11 is 0. The van der Waals surface area contributed by atoms with Crippen LogP contribution < -0.4 is 10.6 Å². The van der Waals surface area contributed by atoms with E-state index >= 15 is 0 Å². The lowest BCUT2D eigenvalue weighted by Gasteiger charge is -2.35. The van der Waals surface area contributed by atoms with Crippen molar-refractivity contribution in [2.24, 2.45) is 16.8 Å². The fourth-order valence-electron chi connectivity index (χ4n) is 2.62. The number of rotatable bonds is 6. The Morgan fingerprint density at radius 3 is 2.65 bits per heavy atom. The van der Waals surface area contributed by atoms with E-state index in [-0.39, 0.29) is 0 Å². The second kappa shape index (κ2) is 9.22. The van der Waals surface area contributed by atoms with Gasteiger partial charge < -0.3 is 10.6 Å². The van der Waals surface area contributed by atoms with Crippen LogP contribution >= 0.6 is 0 Å². The third-order valence-corrected chi connectivity index (χ3v) is 3.84. The summed E-state index contributed by atoms with van der Waals surface area (Å²) in [6.45, 7) is 16.4. The van der Waals surface area contributed by atoms with E-state index in [1.54, 1.807) is 0 Å². The Morgan fingerprint density at radius 2 is 2.05 bits per heavy atom. The molecular weight excluding hydrogens is 248 g/mol. The molecule has 0 aromatic rings. The van der Waals surface area contributed by atoms with Crippen LogP contribution in [-0.2, 0) is 0 Å². The molecule has 0 aromatic heterocycles. The molecule has 0 amide bonds. The van der Waals surface area contributed by atoms with Gasteiger partial charge in [0.15, 0.2) is 5.96 Å². The van der Waals surface area contributed by atoms with Crippen molar-refractivity contribution < 1.29 is 0 Å². The highest BCUT2D eigenvalue weighted by Gasteiger charge is 2.20. The smallest absolute Gasteiger partial charge is 0.191 e. The van der Waals surface area contributed by atoms with Gasteiger partial charge in [-0.2, -0.15) is 0 Å². The SMILES string of the molecule is CCNC(=NCC(C)C)NCC(C)N1CCCC(C)C1. The second-order valence-electron chi connectivity index (χ2n) is 6.59. The minimum atomic E-state index is 0.570. The average molecular weight is 282 g/mol. The van der Waals surface area contributed by atoms with Gasteiger partial charge in [0.1, 0.15) is 0 Å². The first kappa shape index (κ1) is 17.3. The molecule has 1 heterocycles. The molecule has 0 bridgehead atoms. The van der Waals surface area contributed by atoms with Gasteiger partial charge in [-0.1, -0.05) is 20.8 Å². The van der Waals surface area contributed by atoms with E-state index in [0.29, 0.717) is 12.0 Å². The predicted octanol–water partition coefficient (Wildman–Crippen LogP) is 2.32. The number of guanidine groups is 1. The average Bonchev–Trinajstić information content (AvgIpc) is 2.41. The molecule has 118 valence electrons. The lowest BCUT2D eigenvalue weighted by molar-refractivity contribution is 0.139. The van der Waals surface area contributed by atoms with E-state index in [0.717, 1.165) is 31.5 Å². The van der Waals surface area contributed by atoms with E-state index < -0.39 is 0 Å². The zero-order valence-electron chi connectivity index (χ0n) is 14.1. The molecule has 0 aromatic carbocycles. The summed E-state index contributed by atoms with van der Waals surface area (Å²) in [7, 11) is 0. The third kappa shape index (κ3) is 6.60. The van der Waals surface area contributed by atoms with Crippen molar-refractivity contribution in [2.75, 3.05) is 32.7 Å². The second-order valence-corrected chi connectivity index (χ2v) is 6.59. The Labute approximate surface area is 125 Å². The maximum Gasteiger partial charge on any atom is 0.191 e. The van der Waals surface area contributed by atoms with Gasteiger partial charge in [0.25, 0.3) is 0 Å². The normalized spacial score (nSPS) is 22.9. The van der Waals surface area contributed by atoms with Crippen LogP contribution in [0.15, 0.2) is 4.99 Å². The first-order valence-electron chi connectivity index (χ1n) is 8.29. The van der Waals surface area contributed by atoms with Gasteiger partial charge in [-0.05, 0) is 45.1 Å². The van der Waals surface area contributed by atoms with E-state index in [1.807, 2.05) is 0 Å². The Bertz CT molecular complexity index is 288. The number of hydrogen-bond donors (Lipinski definition) is 2. The largest absolute Gasteiger partial charge is 0.357 e. The Balaban J connectivity index is 2.39. The van der Waals surface area contributed by atoms with Gasteiger partial charge in [-0.25, -0.2) is 0 Å². The van der Waals surface area contributed by atoms with Gasteiger partial charge in [-0.15, -0.1) is 0 Å². The van der Waals surface area contributed by atoms with Crippen LogP contribution in [0.2, 0.25) is 0 Å². The molecule has 1 aliphatic heterocycles. The van der Waals surface area contributed by atoms with Gasteiger partial charge >= 0.3 is 0 Å². The van der Waals surface area contributed by atoms with Crippen LogP contribution in [0.4, 0.5) is 0 Å². The molecule has 4 nitrogen and oxygen atoms in total. The Morgan fingerprint density at radius 1 is 1.30 bits per heavy atom. The van der Waals surface area contributed by atoms with Gasteiger partial charge in [0.05, 0.1) is 0 Å². The van der Waals surface area contributed by atoms with Crippen LogP contribution in [0.1, 0.15) is 47.5 Å². The van der Waals surface area contributed by atoms with Crippen molar-refractivity contribution in [3.63, 3.8) is 0 Å². The lowest BCUT2D eigenvalue weighted by Crippen LogP contribution is -2.48. The van der Waals surface area contributed by atoms with Crippen LogP contribution in [0.25, 0.3) is 0 Å². The minimum absolute atomic E-state index is 0.570. The zero-order valence-corrected chi connectivity index (χ0v) is 14.1. The quantitative estimate of drug-likeness (QED) is 0.580. The molecule has 0 spiro atoms. The van der Waals surface area contributed by atoms with Gasteiger partial charge in [0, 0.05) is 32.2 Å². The Kier molecular flexibility index (Phi) is 7.97. The van der Waals surface area contributed by atoms with Crippen molar-refractivity contribution in [3.05, 3.63) is 0 Å². The summed E-state index contributed by atoms with van der Waals surface area (Å²) < 4.78 is 0. The van der Waals surface area contributed by atoms with Crippen molar-refractivity contribution in [3.8, 4) is 0 Å². The molecule has 0 aliphatic carbocycles. The van der Waals surface area contributed by atoms with Crippen molar-refractivity contribution in [1.82, 2.24) is 15.5 Å². The molecular formula is C16H34N4. The molecule has 4 heteroatoms. The summed E-state index contributed by atoms with van der Waals surface area (Å²) in [4.78, 5) is 7.23. The summed E-state index contributed by atoms with van der Waals surface area (Å²) in [5.41, 5.74) is 0. The molecule has 1 aliphatic rings. The first-order chi connectivity index (χ1) is 9.52. The van der Waals surface area contributed by atoms with Crippen molar-refractivity contribution in [1.29, 1.82) is 0 Å². The van der Waals surface area contributed by atoms with E-state index in [9.17, 15) is 0 Å². The summed E-state index contributed by atoms with van der Waals surface area (Å²) in [5.74, 6) is 2.40. The van der Waals surface area contributed by atoms with Gasteiger partial charge in [-0.3, -0.25) is 9.89 Å². The topological polar surface area (TPSA) is 39.7 Å². The standard InChI is InChI=1S/C16H34N4/c1-6-17-16(18-10-13(2)3)19-11-15(5)20-9-7-8-14(4)12-20/h13-15H,6-12H2,1-5H3,(H2,17,18,19). The van der Waals surface area contributed by atoms with Crippen molar-refractivity contribution in [2.45, 2.75) is 53.5 Å². The van der Waals surface area contributed by atoms with E-state index in [1.165, 1.54) is 25.9 Å². The summed E-state index contributed by atoms with van der Waals surface area (Å²) in [6, 6.07) is 0.570. The molecule has 1 saturated heterocycles. The number of nitrogens with zero attached hydrogens (tertiary/aromatic N) is 2. The number of piperidine rings is 1. The van der Waals surface area contributed by atoms with Crippen LogP contribution in [0.5, 0.6) is 0 Å². The van der Waals surface area contributed by atoms with E-state index in [4.69, 9.17) is 0 Å². The molecule has 1 rings (SSSR count). The van der Waals surface area contributed by atoms with Crippen LogP contribution in [0, 0.1) is 11.8 Å². The van der Waals surface area contributed by atoms with Crippen LogP contribution in [-0.4, -0.2) is 49.6 Å². The number of nitrogens with one attached hydrogen (secondary N) is 2. The lowest BCUT2D eigenvalue weighted by atomic mass is 9.99. The molecule has 0 saturated carbocycles. The highest BCUT2D eigenvalue weighted by molar-refractivity contribution is 5.79. The first-order valence-corrected chi connectivity index (χ1v) is 8.29. The van der Waals surface area contributed by atoms with Crippen molar-refractivity contribution >= 4 is 5.96 Å². The summed E-state index contributed by atoms with van der Waals surface area (Å²) in [6.07, 6.45) is 2.72. The third-order valence-electron chi connectivity index (χ3n) is 3.84. The monoisotopic (exact) mass is 282 g/mol. The highest BCUT2D eigenvalue weighted by Crippen LogP contribution is 2.17. The Hall–Kier alpha value is -0.770. The number of hydrogen-bond acceptors (Lipinski definition) is 2. The maximum absolute atomic E-state index is 4.62. The number of likely N-dealkylation sites (tertiary alicyclic amines) is 1. The molecule has 20 heavy (non-hydrogen) atoms. The van der Waals surface area contributed by atoms with E-state index in [2.05, 4.69) is 55.1 Å². The molecule has 2 N–H and O–H groups in total. The molecule has 2 atom stereocenters. The molecule has 2 unspecified atom stereocenters. The fraction of sp³-hybridized carbons (Fsp3) is 0.938. The van der Waals surface area contributed by atoms with Crippen LogP contribution in [0.3, 0.4) is 0 Å². The molecule has 1 fully saturated rings. The summed E-state index contributed by atoms with van der Waals surface area (Å²) in [5, 5.41) is 6.81. The zero-order chi connectivity index (χ0) is 15.0.